The number of benzene rings is 2. The van der Waals surface area contributed by atoms with Crippen LogP contribution in [-0.2, 0) is 4.79 Å². The molecule has 0 radical (unpaired) electrons. The average molecular weight is 395 g/mol. The van der Waals surface area contributed by atoms with Crippen molar-refractivity contribution in [3.63, 3.8) is 0 Å². The average Bonchev–Trinajstić information content (AvgIpc) is 3.45. The molecule has 1 amide bonds. The summed E-state index contributed by atoms with van der Waals surface area (Å²) in [5, 5.41) is 15.4. The summed E-state index contributed by atoms with van der Waals surface area (Å²) in [7, 11) is 0. The molecule has 1 saturated carbocycles. The van der Waals surface area contributed by atoms with E-state index in [2.05, 4.69) is 20.8 Å². The number of aromatic nitrogens is 4. The van der Waals surface area contributed by atoms with Crippen LogP contribution in [0.25, 0.3) is 0 Å². The van der Waals surface area contributed by atoms with E-state index in [1.807, 2.05) is 66.2 Å². The van der Waals surface area contributed by atoms with Crippen molar-refractivity contribution >= 4 is 17.7 Å². The van der Waals surface area contributed by atoms with Crippen LogP contribution in [0.4, 0.5) is 0 Å². The Bertz CT molecular complexity index is 925. The Hall–Kier alpha value is -2.87. The summed E-state index contributed by atoms with van der Waals surface area (Å²) in [5.74, 6) is 1.79. The highest BCUT2D eigenvalue weighted by Gasteiger charge is 2.28. The second kappa shape index (κ2) is 8.43. The quantitative estimate of drug-likeness (QED) is 0.585. The van der Waals surface area contributed by atoms with E-state index in [1.54, 1.807) is 0 Å². The molecular formula is C20H21N5O2S. The van der Waals surface area contributed by atoms with Gasteiger partial charge in [0.15, 0.2) is 0 Å². The van der Waals surface area contributed by atoms with E-state index in [9.17, 15) is 4.79 Å². The Balaban J connectivity index is 1.28. The van der Waals surface area contributed by atoms with Crippen LogP contribution < -0.4 is 10.1 Å². The summed E-state index contributed by atoms with van der Waals surface area (Å²) < 4.78 is 7.61. The molecule has 0 saturated heterocycles. The zero-order chi connectivity index (χ0) is 19.3. The lowest BCUT2D eigenvalue weighted by Crippen LogP contribution is -2.28. The Morgan fingerprint density at radius 1 is 1.18 bits per heavy atom. The standard InChI is InChI=1S/C20H21N5O2S/c1-14(15-7-11-18(12-8-15)27-17-5-3-2-4-6-17)21-19(26)13-28-20-22-23-24-25(20)16-9-10-16/h2-8,11-12,14,16H,9-10,13H2,1H3,(H,21,26). The smallest absolute Gasteiger partial charge is 0.230 e. The van der Waals surface area contributed by atoms with E-state index in [0.717, 1.165) is 29.9 Å². The minimum absolute atomic E-state index is 0.0486. The maximum atomic E-state index is 12.3. The number of carbonyl (C=O) groups excluding carboxylic acids is 1. The molecule has 1 aromatic heterocycles. The van der Waals surface area contributed by atoms with Gasteiger partial charge in [-0.2, -0.15) is 0 Å². The summed E-state index contributed by atoms with van der Waals surface area (Å²) in [4.78, 5) is 12.3. The number of carbonyl (C=O) groups is 1. The first-order valence-electron chi connectivity index (χ1n) is 9.22. The van der Waals surface area contributed by atoms with Crippen LogP contribution in [0.3, 0.4) is 0 Å². The van der Waals surface area contributed by atoms with Gasteiger partial charge in [-0.05, 0) is 60.0 Å². The van der Waals surface area contributed by atoms with Crippen LogP contribution >= 0.6 is 11.8 Å². The largest absolute Gasteiger partial charge is 0.457 e. The topological polar surface area (TPSA) is 81.9 Å². The van der Waals surface area contributed by atoms with Crippen LogP contribution in [0, 0.1) is 0 Å². The van der Waals surface area contributed by atoms with Gasteiger partial charge in [-0.15, -0.1) is 5.10 Å². The highest BCUT2D eigenvalue weighted by molar-refractivity contribution is 7.99. The highest BCUT2D eigenvalue weighted by Crippen LogP contribution is 2.36. The van der Waals surface area contributed by atoms with Gasteiger partial charge >= 0.3 is 0 Å². The fraction of sp³-hybridized carbons (Fsp3) is 0.300. The van der Waals surface area contributed by atoms with Crippen molar-refractivity contribution < 1.29 is 9.53 Å². The van der Waals surface area contributed by atoms with Gasteiger partial charge < -0.3 is 10.1 Å². The molecular weight excluding hydrogens is 374 g/mol. The molecule has 3 aromatic rings. The summed E-state index contributed by atoms with van der Waals surface area (Å²) >= 11 is 1.37. The van der Waals surface area contributed by atoms with Crippen LogP contribution in [-0.4, -0.2) is 31.9 Å². The predicted octanol–water partition coefficient (Wildman–Crippen LogP) is 3.77. The SMILES string of the molecule is CC(NC(=O)CSc1nnnn1C1CC1)c1ccc(Oc2ccccc2)cc1. The summed E-state index contributed by atoms with van der Waals surface area (Å²) in [6, 6.07) is 17.7. The van der Waals surface area contributed by atoms with Crippen LogP contribution in [0.2, 0.25) is 0 Å². The minimum Gasteiger partial charge on any atom is -0.457 e. The number of rotatable bonds is 8. The lowest BCUT2D eigenvalue weighted by atomic mass is 10.1. The number of ether oxygens (including phenoxy) is 1. The second-order valence-corrected chi connectivity index (χ2v) is 7.64. The summed E-state index contributed by atoms with van der Waals surface area (Å²) in [6.45, 7) is 1.96. The molecule has 0 spiro atoms. The zero-order valence-corrected chi connectivity index (χ0v) is 16.3. The number of amides is 1. The lowest BCUT2D eigenvalue weighted by Gasteiger charge is -2.15. The van der Waals surface area contributed by atoms with Gasteiger partial charge in [-0.1, -0.05) is 42.1 Å². The number of para-hydroxylation sites is 1. The number of nitrogens with zero attached hydrogens (tertiary/aromatic N) is 4. The van der Waals surface area contributed by atoms with Gasteiger partial charge in [-0.3, -0.25) is 4.79 Å². The maximum Gasteiger partial charge on any atom is 0.230 e. The Labute approximate surface area is 167 Å². The number of hydrogen-bond donors (Lipinski definition) is 1. The molecule has 8 heteroatoms. The van der Waals surface area contributed by atoms with Crippen LogP contribution in [0.15, 0.2) is 59.8 Å². The van der Waals surface area contributed by atoms with E-state index >= 15 is 0 Å². The number of thioether (sulfide) groups is 1. The van der Waals surface area contributed by atoms with Crippen LogP contribution in [0.5, 0.6) is 11.5 Å². The number of hydrogen-bond acceptors (Lipinski definition) is 6. The first-order valence-corrected chi connectivity index (χ1v) is 10.2. The molecule has 0 bridgehead atoms. The first kappa shape index (κ1) is 18.5. The monoisotopic (exact) mass is 395 g/mol. The maximum absolute atomic E-state index is 12.3. The summed E-state index contributed by atoms with van der Waals surface area (Å²) in [5.41, 5.74) is 1.02. The van der Waals surface area contributed by atoms with E-state index in [1.165, 1.54) is 11.8 Å². The van der Waals surface area contributed by atoms with Gasteiger partial charge in [0.25, 0.3) is 0 Å². The van der Waals surface area contributed by atoms with Crippen molar-refractivity contribution in [1.29, 1.82) is 0 Å². The Kier molecular flexibility index (Phi) is 5.57. The van der Waals surface area contributed by atoms with Crippen molar-refractivity contribution in [3.8, 4) is 11.5 Å². The third-order valence-corrected chi connectivity index (χ3v) is 5.36. The van der Waals surface area contributed by atoms with Gasteiger partial charge in [0, 0.05) is 0 Å². The Morgan fingerprint density at radius 2 is 1.89 bits per heavy atom. The van der Waals surface area contributed by atoms with E-state index in [0.29, 0.717) is 11.2 Å². The first-order chi connectivity index (χ1) is 13.7. The van der Waals surface area contributed by atoms with Crippen molar-refractivity contribution in [3.05, 3.63) is 60.2 Å². The summed E-state index contributed by atoms with van der Waals surface area (Å²) in [6.07, 6.45) is 2.21. The molecule has 1 aliphatic rings. The molecule has 1 unspecified atom stereocenters. The van der Waals surface area contributed by atoms with Gasteiger partial charge in [0.2, 0.25) is 11.1 Å². The lowest BCUT2D eigenvalue weighted by molar-refractivity contribution is -0.119. The minimum atomic E-state index is -0.0988. The predicted molar refractivity (Wildman–Crippen MR) is 106 cm³/mol. The zero-order valence-electron chi connectivity index (χ0n) is 15.5. The van der Waals surface area contributed by atoms with Crippen LogP contribution in [0.1, 0.15) is 37.4 Å². The molecule has 0 aliphatic heterocycles. The molecule has 7 nitrogen and oxygen atoms in total. The normalized spacial score (nSPS) is 14.5. The number of nitrogens with one attached hydrogen (secondary N) is 1. The van der Waals surface area contributed by atoms with Gasteiger partial charge in [0.05, 0.1) is 17.8 Å². The molecule has 2 aromatic carbocycles. The molecule has 28 heavy (non-hydrogen) atoms. The second-order valence-electron chi connectivity index (χ2n) is 6.70. The van der Waals surface area contributed by atoms with Crippen molar-refractivity contribution in [2.45, 2.75) is 37.0 Å². The fourth-order valence-corrected chi connectivity index (χ4v) is 3.53. The van der Waals surface area contributed by atoms with E-state index < -0.39 is 0 Å². The molecule has 1 heterocycles. The van der Waals surface area contributed by atoms with Gasteiger partial charge in [0.1, 0.15) is 11.5 Å². The molecule has 1 fully saturated rings. The van der Waals surface area contributed by atoms with E-state index in [4.69, 9.17) is 4.74 Å². The Morgan fingerprint density at radius 3 is 2.61 bits per heavy atom. The third-order valence-electron chi connectivity index (χ3n) is 4.42. The molecule has 4 rings (SSSR count). The third kappa shape index (κ3) is 4.69. The van der Waals surface area contributed by atoms with Gasteiger partial charge in [-0.25, -0.2) is 4.68 Å². The number of tetrazole rings is 1. The molecule has 1 atom stereocenters. The van der Waals surface area contributed by atoms with Crippen molar-refractivity contribution in [1.82, 2.24) is 25.5 Å². The van der Waals surface area contributed by atoms with E-state index in [-0.39, 0.29) is 17.7 Å². The fourth-order valence-electron chi connectivity index (χ4n) is 2.77. The van der Waals surface area contributed by atoms with Crippen molar-refractivity contribution in [2.24, 2.45) is 0 Å². The molecule has 1 aliphatic carbocycles. The van der Waals surface area contributed by atoms with Crippen molar-refractivity contribution in [2.75, 3.05) is 5.75 Å². The molecule has 1 N–H and O–H groups in total. The molecule has 144 valence electrons. The highest BCUT2D eigenvalue weighted by atomic mass is 32.2.